The monoisotopic (exact) mass is 439 g/mol. The number of hydrogen-bond donors (Lipinski definition) is 4. The Morgan fingerprint density at radius 3 is 2.32 bits per heavy atom. The number of halogens is 2. The van der Waals surface area contributed by atoms with Gasteiger partial charge in [-0.05, 0) is 45.0 Å². The van der Waals surface area contributed by atoms with Crippen molar-refractivity contribution in [1.82, 2.24) is 20.2 Å². The molecule has 1 heterocycles. The minimum absolute atomic E-state index is 0.0272. The third-order valence-corrected chi connectivity index (χ3v) is 4.41. The van der Waals surface area contributed by atoms with Crippen LogP contribution in [0.25, 0.3) is 0 Å². The summed E-state index contributed by atoms with van der Waals surface area (Å²) >= 11 is 0. The van der Waals surface area contributed by atoms with Crippen LogP contribution in [0.3, 0.4) is 0 Å². The van der Waals surface area contributed by atoms with E-state index in [1.54, 1.807) is 13.3 Å². The molecule has 0 bridgehead atoms. The predicted molar refractivity (Wildman–Crippen MR) is 114 cm³/mol. The number of carbonyl (C=O) groups excluding carboxylic acids is 1. The van der Waals surface area contributed by atoms with Gasteiger partial charge >= 0.3 is 5.97 Å². The fourth-order valence-electron chi connectivity index (χ4n) is 2.88. The molecule has 0 radical (unpaired) electrons. The lowest BCUT2D eigenvalue weighted by atomic mass is 10.1. The number of nitrogen functional groups attached to an aromatic ring is 1. The maximum atomic E-state index is 12.9. The molecule has 1 aromatic carbocycles. The van der Waals surface area contributed by atoms with Gasteiger partial charge in [-0.3, -0.25) is 4.79 Å². The number of carboxylic acid groups (broad SMARTS) is 1. The molecule has 2 rings (SSSR count). The quantitative estimate of drug-likeness (QED) is 0.476. The largest absolute Gasteiger partial charge is 0.480 e. The lowest BCUT2D eigenvalue weighted by Crippen LogP contribution is -2.41. The molecular weight excluding hydrogens is 408 g/mol. The second-order valence-corrected chi connectivity index (χ2v) is 7.75. The van der Waals surface area contributed by atoms with E-state index in [0.29, 0.717) is 24.7 Å². The van der Waals surface area contributed by atoms with Crippen LogP contribution >= 0.6 is 0 Å². The summed E-state index contributed by atoms with van der Waals surface area (Å²) in [5.41, 5.74) is 5.71. The van der Waals surface area contributed by atoms with Crippen molar-refractivity contribution >= 4 is 17.7 Å². The average molecular weight is 440 g/mol. The molecule has 8 nitrogen and oxygen atoms in total. The van der Waals surface area contributed by atoms with Crippen LogP contribution in [0.15, 0.2) is 30.7 Å². The Labute approximate surface area is 180 Å². The number of aliphatic carboxylic acids is 1. The summed E-state index contributed by atoms with van der Waals surface area (Å²) in [5.74, 6) is -2.68. The molecule has 10 heteroatoms. The average Bonchev–Trinajstić information content (AvgIpc) is 3.08. The van der Waals surface area contributed by atoms with Gasteiger partial charge in [0.25, 0.3) is 0 Å². The molecule has 1 atom stereocenters. The Balaban J connectivity index is 0.000000343. The molecule has 1 unspecified atom stereocenters. The van der Waals surface area contributed by atoms with Crippen molar-refractivity contribution in [2.75, 3.05) is 19.3 Å². The minimum atomic E-state index is -1.12. The molecule has 31 heavy (non-hydrogen) atoms. The molecule has 1 amide bonds. The molecule has 2 aromatic rings. The summed E-state index contributed by atoms with van der Waals surface area (Å²) < 4.78 is 27.9. The number of carbonyl (C=O) groups is 2. The highest BCUT2D eigenvalue weighted by Gasteiger charge is 2.19. The number of likely N-dealkylation sites (N-methyl/N-ethyl adjacent to an activating group) is 1. The SMILES string of the molecule is CCCC(NC(=O)Cc1cc(F)cc(F)c1)C(=O)O.CNCC(C)(C)n1cnc(N)c1. The molecule has 0 aliphatic rings. The van der Waals surface area contributed by atoms with E-state index in [1.165, 1.54) is 0 Å². The Bertz CT molecular complexity index is 850. The summed E-state index contributed by atoms with van der Waals surface area (Å²) in [5, 5.41) is 14.3. The van der Waals surface area contributed by atoms with Crippen molar-refractivity contribution in [2.45, 2.75) is 51.6 Å². The van der Waals surface area contributed by atoms with Crippen molar-refractivity contribution in [3.63, 3.8) is 0 Å². The van der Waals surface area contributed by atoms with Crippen molar-refractivity contribution in [3.8, 4) is 0 Å². The number of benzene rings is 1. The van der Waals surface area contributed by atoms with Crippen molar-refractivity contribution in [2.24, 2.45) is 0 Å². The smallest absolute Gasteiger partial charge is 0.326 e. The van der Waals surface area contributed by atoms with Gasteiger partial charge in [-0.1, -0.05) is 13.3 Å². The standard InChI is InChI=1S/C13H15F2NO3.C8H16N4/c1-2-3-11(13(18)19)16-12(17)6-8-4-9(14)7-10(15)5-8;1-8(2,5-10-3)12-4-7(9)11-6-12/h4-5,7,11H,2-3,6H2,1H3,(H,16,17)(H,18,19);4,6,10H,5,9H2,1-3H3. The number of nitrogens with one attached hydrogen (secondary N) is 2. The number of imidazole rings is 1. The lowest BCUT2D eigenvalue weighted by molar-refractivity contribution is -0.141. The first kappa shape index (κ1) is 26.0. The zero-order valence-corrected chi connectivity index (χ0v) is 18.3. The molecule has 172 valence electrons. The number of hydrogen-bond acceptors (Lipinski definition) is 5. The number of amides is 1. The lowest BCUT2D eigenvalue weighted by Gasteiger charge is -2.25. The summed E-state index contributed by atoms with van der Waals surface area (Å²) in [6.45, 7) is 6.95. The molecule has 0 fully saturated rings. The second-order valence-electron chi connectivity index (χ2n) is 7.75. The number of nitrogens with two attached hydrogens (primary N) is 1. The van der Waals surface area contributed by atoms with Crippen molar-refractivity contribution in [1.29, 1.82) is 0 Å². The van der Waals surface area contributed by atoms with Crippen LogP contribution in [0.4, 0.5) is 14.6 Å². The fourth-order valence-corrected chi connectivity index (χ4v) is 2.88. The van der Waals surface area contributed by atoms with Crippen LogP contribution in [0.1, 0.15) is 39.2 Å². The van der Waals surface area contributed by atoms with E-state index >= 15 is 0 Å². The van der Waals surface area contributed by atoms with Gasteiger partial charge in [0.1, 0.15) is 23.5 Å². The van der Waals surface area contributed by atoms with Crippen LogP contribution in [-0.2, 0) is 21.5 Å². The number of anilines is 1. The molecular formula is C21H31F2N5O3. The summed E-state index contributed by atoms with van der Waals surface area (Å²) in [6, 6.07) is 1.81. The molecule has 0 aliphatic carbocycles. The van der Waals surface area contributed by atoms with Gasteiger partial charge < -0.3 is 26.0 Å². The highest BCUT2D eigenvalue weighted by atomic mass is 19.1. The van der Waals surface area contributed by atoms with Gasteiger partial charge in [0, 0.05) is 18.8 Å². The highest BCUT2D eigenvalue weighted by Crippen LogP contribution is 2.14. The van der Waals surface area contributed by atoms with E-state index in [4.69, 9.17) is 10.8 Å². The molecule has 0 aliphatic heterocycles. The Hall–Kier alpha value is -3.01. The first-order valence-corrected chi connectivity index (χ1v) is 9.90. The predicted octanol–water partition coefficient (Wildman–Crippen LogP) is 2.30. The molecule has 5 N–H and O–H groups in total. The number of aromatic nitrogens is 2. The van der Waals surface area contributed by atoms with Crippen LogP contribution in [-0.4, -0.2) is 46.2 Å². The Morgan fingerprint density at radius 1 is 1.26 bits per heavy atom. The zero-order chi connectivity index (χ0) is 23.6. The first-order chi connectivity index (χ1) is 14.5. The zero-order valence-electron chi connectivity index (χ0n) is 18.3. The van der Waals surface area contributed by atoms with Gasteiger partial charge in [-0.25, -0.2) is 18.6 Å². The van der Waals surface area contributed by atoms with E-state index in [0.717, 1.165) is 18.7 Å². The summed E-state index contributed by atoms with van der Waals surface area (Å²) in [7, 11) is 1.93. The highest BCUT2D eigenvalue weighted by molar-refractivity contribution is 5.84. The molecule has 0 saturated heterocycles. The van der Waals surface area contributed by atoms with Crippen molar-refractivity contribution in [3.05, 3.63) is 47.9 Å². The van der Waals surface area contributed by atoms with Crippen LogP contribution < -0.4 is 16.4 Å². The van der Waals surface area contributed by atoms with Gasteiger partial charge in [0.15, 0.2) is 0 Å². The number of carboxylic acids is 1. The number of rotatable bonds is 9. The van der Waals surface area contributed by atoms with E-state index in [2.05, 4.69) is 29.5 Å². The second kappa shape index (κ2) is 12.0. The third kappa shape index (κ3) is 9.12. The summed E-state index contributed by atoms with van der Waals surface area (Å²) in [6.07, 6.45) is 4.25. The van der Waals surface area contributed by atoms with Gasteiger partial charge in [0.2, 0.25) is 5.91 Å². The topological polar surface area (TPSA) is 122 Å². The van der Waals surface area contributed by atoms with Gasteiger partial charge in [-0.15, -0.1) is 0 Å². The Morgan fingerprint density at radius 2 is 1.87 bits per heavy atom. The van der Waals surface area contributed by atoms with Crippen molar-refractivity contribution < 1.29 is 23.5 Å². The minimum Gasteiger partial charge on any atom is -0.480 e. The third-order valence-electron chi connectivity index (χ3n) is 4.41. The molecule has 0 spiro atoms. The van der Waals surface area contributed by atoms with Crippen LogP contribution in [0.2, 0.25) is 0 Å². The first-order valence-electron chi connectivity index (χ1n) is 9.90. The Kier molecular flexibility index (Phi) is 10.1. The van der Waals surface area contributed by atoms with E-state index in [9.17, 15) is 18.4 Å². The fraction of sp³-hybridized carbons (Fsp3) is 0.476. The normalized spacial score (nSPS) is 11.9. The maximum absolute atomic E-state index is 12.9. The van der Waals surface area contributed by atoms with Crippen LogP contribution in [0, 0.1) is 11.6 Å². The van der Waals surface area contributed by atoms with E-state index in [-0.39, 0.29) is 17.5 Å². The summed E-state index contributed by atoms with van der Waals surface area (Å²) in [4.78, 5) is 26.4. The van der Waals surface area contributed by atoms with Gasteiger partial charge in [-0.2, -0.15) is 0 Å². The maximum Gasteiger partial charge on any atom is 0.326 e. The molecule has 0 saturated carbocycles. The van der Waals surface area contributed by atoms with E-state index in [1.807, 2.05) is 17.8 Å². The number of nitrogens with zero attached hydrogens (tertiary/aromatic N) is 2. The van der Waals surface area contributed by atoms with Crippen LogP contribution in [0.5, 0.6) is 0 Å². The van der Waals surface area contributed by atoms with Gasteiger partial charge in [0.05, 0.1) is 18.3 Å². The van der Waals surface area contributed by atoms with E-state index < -0.39 is 29.6 Å². The molecule has 1 aromatic heterocycles.